The van der Waals surface area contributed by atoms with E-state index in [4.69, 9.17) is 19.9 Å². The highest BCUT2D eigenvalue weighted by molar-refractivity contribution is 5.64. The maximum Gasteiger partial charge on any atom is 0.203 e. The second-order valence-electron chi connectivity index (χ2n) is 4.96. The molecule has 19 heavy (non-hydrogen) atoms. The molecular formula is C14H24N2O3. The summed E-state index contributed by atoms with van der Waals surface area (Å²) in [5.41, 5.74) is 6.61. The van der Waals surface area contributed by atoms with E-state index in [2.05, 4.69) is 18.7 Å². The molecule has 0 aliphatic rings. The lowest BCUT2D eigenvalue weighted by atomic mass is 10.0. The van der Waals surface area contributed by atoms with Crippen molar-refractivity contribution in [1.82, 2.24) is 0 Å². The predicted octanol–water partition coefficient (Wildman–Crippen LogP) is 1.89. The summed E-state index contributed by atoms with van der Waals surface area (Å²) < 4.78 is 16.0. The molecule has 2 N–H and O–H groups in total. The van der Waals surface area contributed by atoms with Gasteiger partial charge in [-0.1, -0.05) is 0 Å². The number of hydrogen-bond acceptors (Lipinski definition) is 5. The molecule has 0 unspecified atom stereocenters. The van der Waals surface area contributed by atoms with Crippen LogP contribution in [0, 0.1) is 0 Å². The topological polar surface area (TPSA) is 57.0 Å². The van der Waals surface area contributed by atoms with Gasteiger partial charge in [0.1, 0.15) is 0 Å². The van der Waals surface area contributed by atoms with Gasteiger partial charge in [-0.3, -0.25) is 0 Å². The zero-order chi connectivity index (χ0) is 14.6. The Morgan fingerprint density at radius 1 is 1.05 bits per heavy atom. The number of methoxy groups -OCH3 is 3. The van der Waals surface area contributed by atoms with E-state index in [-0.39, 0.29) is 5.54 Å². The van der Waals surface area contributed by atoms with E-state index in [9.17, 15) is 0 Å². The third-order valence-corrected chi connectivity index (χ3v) is 3.44. The van der Waals surface area contributed by atoms with Crippen LogP contribution in [0.25, 0.3) is 0 Å². The molecule has 0 fully saturated rings. The summed E-state index contributed by atoms with van der Waals surface area (Å²) in [5.74, 6) is 1.86. The van der Waals surface area contributed by atoms with E-state index in [1.54, 1.807) is 21.3 Å². The Labute approximate surface area is 115 Å². The van der Waals surface area contributed by atoms with E-state index in [1.807, 2.05) is 19.2 Å². The largest absolute Gasteiger partial charge is 0.493 e. The number of benzene rings is 1. The van der Waals surface area contributed by atoms with Gasteiger partial charge < -0.3 is 24.8 Å². The van der Waals surface area contributed by atoms with E-state index in [1.165, 1.54) is 0 Å². The number of hydrogen-bond donors (Lipinski definition) is 1. The summed E-state index contributed by atoms with van der Waals surface area (Å²) in [6.45, 7) is 4.70. The van der Waals surface area contributed by atoms with E-state index in [0.29, 0.717) is 23.8 Å². The van der Waals surface area contributed by atoms with Crippen LogP contribution in [0.3, 0.4) is 0 Å². The lowest BCUT2D eigenvalue weighted by molar-refractivity contribution is 0.324. The molecule has 0 saturated heterocycles. The Kier molecular flexibility index (Phi) is 4.89. The molecule has 5 nitrogen and oxygen atoms in total. The van der Waals surface area contributed by atoms with Crippen molar-refractivity contribution in [2.24, 2.45) is 5.73 Å². The lowest BCUT2D eigenvalue weighted by Crippen LogP contribution is -2.47. The second kappa shape index (κ2) is 6.02. The van der Waals surface area contributed by atoms with Crippen molar-refractivity contribution in [2.45, 2.75) is 19.4 Å². The number of nitrogens with zero attached hydrogens (tertiary/aromatic N) is 1. The Morgan fingerprint density at radius 2 is 1.53 bits per heavy atom. The first kappa shape index (κ1) is 15.4. The van der Waals surface area contributed by atoms with Crippen LogP contribution in [0.2, 0.25) is 0 Å². The molecular weight excluding hydrogens is 244 g/mol. The van der Waals surface area contributed by atoms with E-state index in [0.717, 1.165) is 5.69 Å². The zero-order valence-electron chi connectivity index (χ0n) is 12.6. The maximum absolute atomic E-state index is 5.81. The molecule has 0 aliphatic carbocycles. The molecule has 0 heterocycles. The van der Waals surface area contributed by atoms with Gasteiger partial charge in [-0.25, -0.2) is 0 Å². The Hall–Kier alpha value is -1.62. The van der Waals surface area contributed by atoms with Crippen LogP contribution in [-0.2, 0) is 0 Å². The van der Waals surface area contributed by atoms with Crippen LogP contribution in [0.5, 0.6) is 17.2 Å². The molecule has 0 radical (unpaired) electrons. The molecule has 0 amide bonds. The van der Waals surface area contributed by atoms with Crippen LogP contribution in [0.4, 0.5) is 5.69 Å². The smallest absolute Gasteiger partial charge is 0.203 e. The normalized spacial score (nSPS) is 11.1. The van der Waals surface area contributed by atoms with Crippen LogP contribution in [-0.4, -0.2) is 40.5 Å². The summed E-state index contributed by atoms with van der Waals surface area (Å²) in [4.78, 5) is 2.09. The number of ether oxygens (including phenoxy) is 3. The van der Waals surface area contributed by atoms with Crippen LogP contribution in [0.1, 0.15) is 13.8 Å². The first-order valence-corrected chi connectivity index (χ1v) is 6.15. The first-order valence-electron chi connectivity index (χ1n) is 6.15. The molecule has 1 rings (SSSR count). The minimum atomic E-state index is -0.162. The van der Waals surface area contributed by atoms with Gasteiger partial charge in [0, 0.05) is 37.0 Å². The molecule has 0 aromatic heterocycles. The van der Waals surface area contributed by atoms with E-state index < -0.39 is 0 Å². The highest BCUT2D eigenvalue weighted by atomic mass is 16.5. The average Bonchev–Trinajstić information content (AvgIpc) is 2.44. The molecule has 0 bridgehead atoms. The first-order chi connectivity index (χ1) is 8.91. The van der Waals surface area contributed by atoms with Crippen molar-refractivity contribution >= 4 is 5.69 Å². The van der Waals surface area contributed by atoms with Crippen LogP contribution >= 0.6 is 0 Å². The molecule has 1 aromatic carbocycles. The molecule has 108 valence electrons. The van der Waals surface area contributed by atoms with Gasteiger partial charge in [0.25, 0.3) is 0 Å². The third kappa shape index (κ3) is 3.04. The summed E-state index contributed by atoms with van der Waals surface area (Å²) in [6.07, 6.45) is 0. The van der Waals surface area contributed by atoms with Crippen molar-refractivity contribution in [3.63, 3.8) is 0 Å². The summed E-state index contributed by atoms with van der Waals surface area (Å²) >= 11 is 0. The summed E-state index contributed by atoms with van der Waals surface area (Å²) in [5, 5.41) is 0. The van der Waals surface area contributed by atoms with Crippen LogP contribution in [0.15, 0.2) is 12.1 Å². The zero-order valence-corrected chi connectivity index (χ0v) is 12.6. The number of rotatable bonds is 6. The van der Waals surface area contributed by atoms with Crippen molar-refractivity contribution in [1.29, 1.82) is 0 Å². The highest BCUT2D eigenvalue weighted by Gasteiger charge is 2.24. The Bertz CT molecular complexity index is 408. The molecule has 0 atom stereocenters. The lowest BCUT2D eigenvalue weighted by Gasteiger charge is -2.36. The fourth-order valence-electron chi connectivity index (χ4n) is 1.75. The third-order valence-electron chi connectivity index (χ3n) is 3.44. The number of nitrogens with two attached hydrogens (primary N) is 1. The fraction of sp³-hybridized carbons (Fsp3) is 0.571. The van der Waals surface area contributed by atoms with Crippen molar-refractivity contribution < 1.29 is 14.2 Å². The van der Waals surface area contributed by atoms with Crippen molar-refractivity contribution in [3.8, 4) is 17.2 Å². The quantitative estimate of drug-likeness (QED) is 0.853. The van der Waals surface area contributed by atoms with Gasteiger partial charge in [-0.15, -0.1) is 0 Å². The molecule has 0 spiro atoms. The highest BCUT2D eigenvalue weighted by Crippen LogP contribution is 2.41. The maximum atomic E-state index is 5.81. The predicted molar refractivity (Wildman–Crippen MR) is 77.6 cm³/mol. The number of likely N-dealkylation sites (N-methyl/N-ethyl adjacent to an activating group) is 1. The number of anilines is 1. The van der Waals surface area contributed by atoms with Crippen molar-refractivity contribution in [3.05, 3.63) is 12.1 Å². The average molecular weight is 268 g/mol. The van der Waals surface area contributed by atoms with Gasteiger partial charge in [0.2, 0.25) is 5.75 Å². The summed E-state index contributed by atoms with van der Waals surface area (Å²) in [6, 6.07) is 3.83. The van der Waals surface area contributed by atoms with Gasteiger partial charge in [-0.05, 0) is 13.8 Å². The van der Waals surface area contributed by atoms with Gasteiger partial charge in [-0.2, -0.15) is 0 Å². The standard InChI is InChI=1S/C14H24N2O3/c1-14(2,9-15)16(3)10-7-11(17-4)13(19-6)12(8-10)18-5/h7-8H,9,15H2,1-6H3. The SMILES string of the molecule is COc1cc(N(C)C(C)(C)CN)cc(OC)c1OC. The molecule has 0 saturated carbocycles. The van der Waals surface area contributed by atoms with Crippen LogP contribution < -0.4 is 24.8 Å². The van der Waals surface area contributed by atoms with E-state index >= 15 is 0 Å². The van der Waals surface area contributed by atoms with Gasteiger partial charge in [0.05, 0.1) is 21.3 Å². The molecule has 0 aliphatic heterocycles. The monoisotopic (exact) mass is 268 g/mol. The van der Waals surface area contributed by atoms with Gasteiger partial charge in [0.15, 0.2) is 11.5 Å². The molecule has 1 aromatic rings. The minimum absolute atomic E-state index is 0.162. The summed E-state index contributed by atoms with van der Waals surface area (Å²) in [7, 11) is 6.80. The fourth-order valence-corrected chi connectivity index (χ4v) is 1.75. The Balaban J connectivity index is 3.30. The molecule has 5 heteroatoms. The van der Waals surface area contributed by atoms with Gasteiger partial charge >= 0.3 is 0 Å². The second-order valence-corrected chi connectivity index (χ2v) is 4.96. The Morgan fingerprint density at radius 3 is 1.84 bits per heavy atom. The van der Waals surface area contributed by atoms with Crippen molar-refractivity contribution in [2.75, 3.05) is 39.8 Å². The minimum Gasteiger partial charge on any atom is -0.493 e.